The molecule has 1 heterocycles. The molecule has 0 nitrogen and oxygen atoms in total. The second-order valence-corrected chi connectivity index (χ2v) is 9.36. The Kier molecular flexibility index (Phi) is 1.28. The first-order valence-electron chi connectivity index (χ1n) is 3.40. The van der Waals surface area contributed by atoms with E-state index in [4.69, 9.17) is 0 Å². The molecular weight excluding hydrogens is 211 g/mol. The Morgan fingerprint density at radius 3 is 2.50 bits per heavy atom. The molecule has 0 aromatic rings. The first-order valence-corrected chi connectivity index (χ1v) is 8.33. The molecule has 2 aliphatic rings. The van der Waals surface area contributed by atoms with Crippen LogP contribution in [0.4, 0.5) is 0 Å². The van der Waals surface area contributed by atoms with Crippen LogP contribution in [-0.4, -0.2) is 13.3 Å². The third-order valence-corrected chi connectivity index (χ3v) is 9.24. The molecule has 1 saturated carbocycles. The maximum atomic E-state index is 2.58. The second kappa shape index (κ2) is 1.86. The van der Waals surface area contributed by atoms with E-state index in [0.29, 0.717) is 0 Å². The standard InChI is InChI=1S/C7H13I/c1-8-5-6-2-3-7(8)4-6/h6-7H,2-5H2,1H3. The SMILES string of the molecule is CI1CC2CCC1C2. The molecule has 1 saturated heterocycles. The maximum absolute atomic E-state index is 2.58. The molecule has 0 aromatic heterocycles. The van der Waals surface area contributed by atoms with Gasteiger partial charge in [-0.1, -0.05) is 0 Å². The summed E-state index contributed by atoms with van der Waals surface area (Å²) < 4.78 is 3.00. The van der Waals surface area contributed by atoms with Crippen LogP contribution in [-0.2, 0) is 0 Å². The Balaban J connectivity index is 2.11. The quantitative estimate of drug-likeness (QED) is 0.437. The number of alkyl halides is 3. The van der Waals surface area contributed by atoms with Gasteiger partial charge in [0.1, 0.15) is 0 Å². The molecule has 0 radical (unpaired) electrons. The van der Waals surface area contributed by atoms with E-state index in [0.717, 1.165) is 0 Å². The molecule has 2 bridgehead atoms. The molecule has 2 rings (SSSR count). The second-order valence-electron chi connectivity index (χ2n) is 3.07. The predicted octanol–water partition coefficient (Wildman–Crippen LogP) is 2.30. The fourth-order valence-electron chi connectivity index (χ4n) is 1.96. The Bertz CT molecular complexity index is 98.6. The van der Waals surface area contributed by atoms with Crippen molar-refractivity contribution in [3.05, 3.63) is 0 Å². The minimum atomic E-state index is -0.267. The van der Waals surface area contributed by atoms with Crippen molar-refractivity contribution in [1.29, 1.82) is 0 Å². The van der Waals surface area contributed by atoms with E-state index in [1.54, 1.807) is 23.7 Å². The first-order chi connectivity index (χ1) is 3.86. The Labute approximate surface area is 58.4 Å². The summed E-state index contributed by atoms with van der Waals surface area (Å²) in [5.74, 6) is 1.22. The van der Waals surface area contributed by atoms with Crippen LogP contribution in [0.25, 0.3) is 0 Å². The normalized spacial score (nSPS) is 48.4. The van der Waals surface area contributed by atoms with Gasteiger partial charge < -0.3 is 0 Å². The Morgan fingerprint density at radius 1 is 1.38 bits per heavy atom. The molecule has 2 atom stereocenters. The summed E-state index contributed by atoms with van der Waals surface area (Å²) in [6.45, 7) is 0. The summed E-state index contributed by atoms with van der Waals surface area (Å²) in [5.41, 5.74) is 0. The van der Waals surface area contributed by atoms with Gasteiger partial charge in [0.05, 0.1) is 0 Å². The van der Waals surface area contributed by atoms with Crippen LogP contribution >= 0.6 is 19.8 Å². The van der Waals surface area contributed by atoms with E-state index in [1.165, 1.54) is 9.84 Å². The number of hydrogen-bond donors (Lipinski definition) is 0. The Morgan fingerprint density at radius 2 is 2.25 bits per heavy atom. The van der Waals surface area contributed by atoms with Gasteiger partial charge in [-0.25, -0.2) is 0 Å². The third kappa shape index (κ3) is 0.703. The zero-order valence-corrected chi connectivity index (χ0v) is 7.52. The van der Waals surface area contributed by atoms with Gasteiger partial charge >= 0.3 is 58.3 Å². The zero-order valence-electron chi connectivity index (χ0n) is 5.36. The van der Waals surface area contributed by atoms with Crippen LogP contribution in [0, 0.1) is 5.92 Å². The van der Waals surface area contributed by atoms with E-state index < -0.39 is 0 Å². The molecule has 1 heteroatoms. The summed E-state index contributed by atoms with van der Waals surface area (Å²) in [6, 6.07) is 0. The topological polar surface area (TPSA) is 0 Å². The minimum absolute atomic E-state index is 0.267. The summed E-state index contributed by atoms with van der Waals surface area (Å²) >= 11 is -0.267. The van der Waals surface area contributed by atoms with Gasteiger partial charge in [-0.2, -0.15) is 0 Å². The first kappa shape index (κ1) is 5.51. The van der Waals surface area contributed by atoms with Crippen molar-refractivity contribution in [2.75, 3.05) is 9.36 Å². The molecule has 1 aliphatic heterocycles. The summed E-state index contributed by atoms with van der Waals surface area (Å²) in [5, 5.41) is 0. The molecule has 8 heavy (non-hydrogen) atoms. The van der Waals surface area contributed by atoms with E-state index in [1.807, 2.05) is 0 Å². The summed E-state index contributed by atoms with van der Waals surface area (Å²) in [7, 11) is 0. The van der Waals surface area contributed by atoms with Gasteiger partial charge in [-0.3, -0.25) is 0 Å². The van der Waals surface area contributed by atoms with Crippen molar-refractivity contribution in [3.63, 3.8) is 0 Å². The average molecular weight is 224 g/mol. The van der Waals surface area contributed by atoms with E-state index in [9.17, 15) is 0 Å². The molecule has 48 valence electrons. The third-order valence-electron chi connectivity index (χ3n) is 2.47. The number of halogens is 1. The molecule has 0 aromatic carbocycles. The molecular formula is C7H13I. The van der Waals surface area contributed by atoms with Crippen LogP contribution in [0.1, 0.15) is 19.3 Å². The molecule has 1 aliphatic carbocycles. The molecule has 2 fully saturated rings. The van der Waals surface area contributed by atoms with Gasteiger partial charge in [0, 0.05) is 0 Å². The number of rotatable bonds is 0. The van der Waals surface area contributed by atoms with Crippen LogP contribution in [0.15, 0.2) is 0 Å². The van der Waals surface area contributed by atoms with Gasteiger partial charge in [0.2, 0.25) is 0 Å². The van der Waals surface area contributed by atoms with E-state index in [2.05, 4.69) is 4.93 Å². The van der Waals surface area contributed by atoms with Crippen LogP contribution in [0.2, 0.25) is 0 Å². The fraction of sp³-hybridized carbons (Fsp3) is 1.00. The van der Waals surface area contributed by atoms with Gasteiger partial charge in [-0.05, 0) is 0 Å². The van der Waals surface area contributed by atoms with Crippen molar-refractivity contribution < 1.29 is 0 Å². The van der Waals surface area contributed by atoms with E-state index in [-0.39, 0.29) is 19.8 Å². The van der Waals surface area contributed by atoms with Crippen molar-refractivity contribution in [1.82, 2.24) is 0 Å². The average Bonchev–Trinajstić information content (AvgIpc) is 2.23. The Hall–Kier alpha value is 0.730. The van der Waals surface area contributed by atoms with Crippen LogP contribution in [0.5, 0.6) is 0 Å². The summed E-state index contributed by atoms with van der Waals surface area (Å²) in [4.78, 5) is 2.58. The van der Waals surface area contributed by atoms with Crippen LogP contribution < -0.4 is 0 Å². The van der Waals surface area contributed by atoms with Crippen molar-refractivity contribution in [3.8, 4) is 0 Å². The van der Waals surface area contributed by atoms with Crippen LogP contribution in [0.3, 0.4) is 0 Å². The monoisotopic (exact) mass is 224 g/mol. The zero-order chi connectivity index (χ0) is 5.56. The van der Waals surface area contributed by atoms with Crippen molar-refractivity contribution >= 4 is 19.8 Å². The van der Waals surface area contributed by atoms with Crippen molar-refractivity contribution in [2.24, 2.45) is 5.92 Å². The van der Waals surface area contributed by atoms with Gasteiger partial charge in [0.25, 0.3) is 0 Å². The predicted molar refractivity (Wildman–Crippen MR) is 45.9 cm³/mol. The molecule has 0 N–H and O–H groups in total. The van der Waals surface area contributed by atoms with Gasteiger partial charge in [0.15, 0.2) is 0 Å². The fourth-order valence-corrected chi connectivity index (χ4v) is 8.46. The molecule has 2 unspecified atom stereocenters. The van der Waals surface area contributed by atoms with Gasteiger partial charge in [-0.15, -0.1) is 0 Å². The van der Waals surface area contributed by atoms with E-state index >= 15 is 0 Å². The number of hydrogen-bond acceptors (Lipinski definition) is 0. The summed E-state index contributed by atoms with van der Waals surface area (Å²) in [6.07, 6.45) is 4.85. The number of fused-ring (bicyclic) bond motifs is 2. The van der Waals surface area contributed by atoms with Crippen molar-refractivity contribution in [2.45, 2.75) is 23.2 Å². The molecule has 0 amide bonds. The molecule has 0 spiro atoms.